The van der Waals surface area contributed by atoms with E-state index in [-0.39, 0.29) is 0 Å². The first kappa shape index (κ1) is 25.1. The van der Waals surface area contributed by atoms with Crippen LogP contribution in [0, 0.1) is 5.41 Å². The summed E-state index contributed by atoms with van der Waals surface area (Å²) in [6.07, 6.45) is 27.1. The van der Waals surface area contributed by atoms with Crippen LogP contribution >= 0.6 is 0 Å². The van der Waals surface area contributed by atoms with Gasteiger partial charge in [0.25, 0.3) is 0 Å². The summed E-state index contributed by atoms with van der Waals surface area (Å²) >= 11 is 0. The number of aliphatic hydroxyl groups excluding tert-OH is 1. The summed E-state index contributed by atoms with van der Waals surface area (Å²) in [7, 11) is 0. The van der Waals surface area contributed by atoms with Gasteiger partial charge in [-0.25, -0.2) is 0 Å². The average molecular weight is 375 g/mol. The molecule has 3 heteroatoms. The van der Waals surface area contributed by atoms with Crippen LogP contribution < -0.4 is 0 Å². The molecule has 0 aromatic carbocycles. The molecular weight excluding hydrogens is 336 g/mol. The molecule has 0 aliphatic carbocycles. The molecule has 0 aromatic rings. The lowest BCUT2D eigenvalue weighted by Crippen LogP contribution is -2.23. The molecule has 0 saturated carbocycles. The molecular formula is C24H38O3. The number of aliphatic carboxylic acids is 1. The van der Waals surface area contributed by atoms with Crippen LogP contribution in [0.2, 0.25) is 0 Å². The normalized spacial score (nSPS) is 14.5. The minimum Gasteiger partial charge on any atom is -0.481 e. The van der Waals surface area contributed by atoms with E-state index in [9.17, 15) is 9.90 Å². The van der Waals surface area contributed by atoms with Gasteiger partial charge in [-0.2, -0.15) is 0 Å². The molecule has 0 rings (SSSR count). The van der Waals surface area contributed by atoms with Crippen molar-refractivity contribution in [3.63, 3.8) is 0 Å². The van der Waals surface area contributed by atoms with Gasteiger partial charge in [-0.3, -0.25) is 4.79 Å². The van der Waals surface area contributed by atoms with E-state index < -0.39 is 17.5 Å². The van der Waals surface area contributed by atoms with Crippen LogP contribution in [-0.2, 0) is 4.79 Å². The Kier molecular flexibility index (Phi) is 15.2. The number of carboxylic acids is 1. The molecule has 2 N–H and O–H groups in total. The van der Waals surface area contributed by atoms with Crippen molar-refractivity contribution in [2.24, 2.45) is 5.41 Å². The first-order valence-corrected chi connectivity index (χ1v) is 10.1. The number of rotatable bonds is 15. The summed E-state index contributed by atoms with van der Waals surface area (Å²) < 4.78 is 0. The number of allylic oxidation sites excluding steroid dienone is 9. The van der Waals surface area contributed by atoms with Crippen molar-refractivity contribution in [2.75, 3.05) is 0 Å². The molecule has 0 fully saturated rings. The Bertz CT molecular complexity index is 522. The number of carbonyl (C=O) groups is 1. The van der Waals surface area contributed by atoms with Gasteiger partial charge in [0.15, 0.2) is 0 Å². The van der Waals surface area contributed by atoms with Crippen LogP contribution in [0.1, 0.15) is 72.1 Å². The largest absolute Gasteiger partial charge is 0.481 e. The van der Waals surface area contributed by atoms with E-state index in [1.165, 1.54) is 0 Å². The van der Waals surface area contributed by atoms with Gasteiger partial charge in [0.05, 0.1) is 11.5 Å². The summed E-state index contributed by atoms with van der Waals surface area (Å²) in [5.41, 5.74) is -0.682. The average Bonchev–Trinajstić information content (AvgIpc) is 2.62. The molecule has 0 bridgehead atoms. The van der Waals surface area contributed by atoms with Crippen LogP contribution in [0.3, 0.4) is 0 Å². The SMILES string of the molecule is CC/C=C\C/C=C\C/C=C\C/C=C\C=C\C(O)CCCCC(C)(C)C(=O)O. The molecule has 0 aromatic heterocycles. The third-order valence-corrected chi connectivity index (χ3v) is 4.26. The number of hydrogen-bond donors (Lipinski definition) is 2. The third kappa shape index (κ3) is 16.1. The van der Waals surface area contributed by atoms with Crippen molar-refractivity contribution < 1.29 is 15.0 Å². The molecule has 1 atom stereocenters. The fraction of sp³-hybridized carbons (Fsp3) is 0.542. The van der Waals surface area contributed by atoms with Crippen molar-refractivity contribution in [2.45, 2.75) is 78.2 Å². The maximum Gasteiger partial charge on any atom is 0.309 e. The lowest BCUT2D eigenvalue weighted by molar-refractivity contribution is -0.147. The standard InChI is InChI=1S/C24H38O3/c1-4-5-6-7-8-9-10-11-12-13-14-15-16-19-22(25)20-17-18-21-24(2,3)23(26)27/h5-6,8-9,11-12,14-16,19,22,25H,4,7,10,13,17-18,20-21H2,1-3H3,(H,26,27)/b6-5-,9-8-,12-11-,15-14-,19-16+. The second-order valence-electron chi connectivity index (χ2n) is 7.34. The van der Waals surface area contributed by atoms with E-state index in [2.05, 4.69) is 49.5 Å². The summed E-state index contributed by atoms with van der Waals surface area (Å²) in [5.74, 6) is -0.762. The Labute approximate surface area is 165 Å². The van der Waals surface area contributed by atoms with Crippen LogP contribution in [-0.4, -0.2) is 22.3 Å². The molecule has 0 amide bonds. The Hall–Kier alpha value is -1.87. The molecule has 0 spiro atoms. The first-order valence-electron chi connectivity index (χ1n) is 10.1. The Morgan fingerprint density at radius 1 is 0.889 bits per heavy atom. The van der Waals surface area contributed by atoms with E-state index in [0.29, 0.717) is 12.8 Å². The summed E-state index contributed by atoms with van der Waals surface area (Å²) in [5, 5.41) is 19.0. The summed E-state index contributed by atoms with van der Waals surface area (Å²) in [4.78, 5) is 11.0. The van der Waals surface area contributed by atoms with Crippen molar-refractivity contribution >= 4 is 5.97 Å². The zero-order chi connectivity index (χ0) is 20.4. The van der Waals surface area contributed by atoms with Gasteiger partial charge < -0.3 is 10.2 Å². The van der Waals surface area contributed by atoms with Crippen LogP contribution in [0.4, 0.5) is 0 Å². The summed E-state index contributed by atoms with van der Waals surface area (Å²) in [6.45, 7) is 5.62. The van der Waals surface area contributed by atoms with Gasteiger partial charge in [0.1, 0.15) is 0 Å². The fourth-order valence-electron chi connectivity index (χ4n) is 2.36. The maximum absolute atomic E-state index is 11.0. The van der Waals surface area contributed by atoms with Gasteiger partial charge in [-0.15, -0.1) is 0 Å². The van der Waals surface area contributed by atoms with Crippen LogP contribution in [0.25, 0.3) is 0 Å². The highest BCUT2D eigenvalue weighted by molar-refractivity contribution is 5.73. The van der Waals surface area contributed by atoms with Gasteiger partial charge >= 0.3 is 5.97 Å². The maximum atomic E-state index is 11.0. The highest BCUT2D eigenvalue weighted by atomic mass is 16.4. The fourth-order valence-corrected chi connectivity index (χ4v) is 2.36. The number of unbranched alkanes of at least 4 members (excludes halogenated alkanes) is 1. The third-order valence-electron chi connectivity index (χ3n) is 4.26. The van der Waals surface area contributed by atoms with Crippen molar-refractivity contribution in [1.29, 1.82) is 0 Å². The molecule has 152 valence electrons. The second kappa shape index (κ2) is 16.3. The molecule has 0 aliphatic heterocycles. The Morgan fingerprint density at radius 2 is 1.44 bits per heavy atom. The minimum absolute atomic E-state index is 0.468. The molecule has 3 nitrogen and oxygen atoms in total. The molecule has 27 heavy (non-hydrogen) atoms. The molecule has 0 aliphatic rings. The van der Waals surface area contributed by atoms with Crippen molar-refractivity contribution in [1.82, 2.24) is 0 Å². The van der Waals surface area contributed by atoms with E-state index in [1.54, 1.807) is 19.9 Å². The molecule has 1 unspecified atom stereocenters. The molecule has 0 heterocycles. The Balaban J connectivity index is 3.77. The first-order chi connectivity index (χ1) is 12.9. The zero-order valence-corrected chi connectivity index (χ0v) is 17.3. The molecule has 0 saturated heterocycles. The summed E-state index contributed by atoms with van der Waals surface area (Å²) in [6, 6.07) is 0. The highest BCUT2D eigenvalue weighted by Gasteiger charge is 2.25. The number of carboxylic acid groups (broad SMARTS) is 1. The van der Waals surface area contributed by atoms with E-state index in [4.69, 9.17) is 5.11 Å². The second-order valence-corrected chi connectivity index (χ2v) is 7.34. The van der Waals surface area contributed by atoms with Gasteiger partial charge in [0, 0.05) is 0 Å². The predicted octanol–water partition coefficient (Wildman–Crippen LogP) is 6.38. The predicted molar refractivity (Wildman–Crippen MR) is 116 cm³/mol. The van der Waals surface area contributed by atoms with E-state index in [1.807, 2.05) is 12.2 Å². The van der Waals surface area contributed by atoms with Gasteiger partial charge in [-0.1, -0.05) is 80.5 Å². The zero-order valence-electron chi connectivity index (χ0n) is 17.3. The topological polar surface area (TPSA) is 57.5 Å². The van der Waals surface area contributed by atoms with Crippen molar-refractivity contribution in [3.8, 4) is 0 Å². The van der Waals surface area contributed by atoms with Crippen molar-refractivity contribution in [3.05, 3.63) is 60.8 Å². The monoisotopic (exact) mass is 374 g/mol. The molecule has 0 radical (unpaired) electrons. The van der Waals surface area contributed by atoms with Crippen LogP contribution in [0.5, 0.6) is 0 Å². The lowest BCUT2D eigenvalue weighted by Gasteiger charge is -2.18. The number of aliphatic hydroxyl groups is 1. The smallest absolute Gasteiger partial charge is 0.309 e. The van der Waals surface area contributed by atoms with E-state index in [0.717, 1.165) is 38.5 Å². The highest BCUT2D eigenvalue weighted by Crippen LogP contribution is 2.24. The van der Waals surface area contributed by atoms with E-state index >= 15 is 0 Å². The van der Waals surface area contributed by atoms with Gasteiger partial charge in [0.2, 0.25) is 0 Å². The van der Waals surface area contributed by atoms with Gasteiger partial charge in [-0.05, 0) is 52.4 Å². The minimum atomic E-state index is -0.762. The Morgan fingerprint density at radius 3 is 2.00 bits per heavy atom. The lowest BCUT2D eigenvalue weighted by atomic mass is 9.87. The quantitative estimate of drug-likeness (QED) is 0.199. The van der Waals surface area contributed by atoms with Crippen LogP contribution in [0.15, 0.2) is 60.8 Å². The number of hydrogen-bond acceptors (Lipinski definition) is 2.